The van der Waals surface area contributed by atoms with Gasteiger partial charge in [-0.1, -0.05) is 24.3 Å². The molecule has 0 saturated heterocycles. The van der Waals surface area contributed by atoms with Crippen molar-refractivity contribution in [2.75, 3.05) is 4.90 Å². The highest BCUT2D eigenvalue weighted by Crippen LogP contribution is 2.39. The Morgan fingerprint density at radius 2 is 1.76 bits per heavy atom. The van der Waals surface area contributed by atoms with Gasteiger partial charge in [-0.2, -0.15) is 0 Å². The SMILES string of the molecule is O=C1Cc2c(O)cccc2N1c1ccccc1. The molecule has 0 radical (unpaired) electrons. The second-order valence-corrected chi connectivity index (χ2v) is 4.02. The molecular formula is C14H11NO2. The number of benzene rings is 2. The summed E-state index contributed by atoms with van der Waals surface area (Å²) in [6.07, 6.45) is 0.261. The Balaban J connectivity index is 2.15. The maximum absolute atomic E-state index is 12.0. The van der Waals surface area contributed by atoms with E-state index < -0.39 is 0 Å². The van der Waals surface area contributed by atoms with Crippen molar-refractivity contribution in [3.05, 3.63) is 54.1 Å². The van der Waals surface area contributed by atoms with E-state index in [1.165, 1.54) is 0 Å². The number of anilines is 2. The van der Waals surface area contributed by atoms with E-state index in [4.69, 9.17) is 0 Å². The molecule has 0 fully saturated rings. The summed E-state index contributed by atoms with van der Waals surface area (Å²) >= 11 is 0. The van der Waals surface area contributed by atoms with Gasteiger partial charge < -0.3 is 5.11 Å². The number of carbonyl (C=O) groups excluding carboxylic acids is 1. The van der Waals surface area contributed by atoms with Gasteiger partial charge in [0.05, 0.1) is 12.1 Å². The van der Waals surface area contributed by atoms with Gasteiger partial charge in [0.1, 0.15) is 5.75 Å². The second kappa shape index (κ2) is 3.63. The van der Waals surface area contributed by atoms with Crippen LogP contribution in [0.4, 0.5) is 11.4 Å². The van der Waals surface area contributed by atoms with Crippen molar-refractivity contribution < 1.29 is 9.90 Å². The van der Waals surface area contributed by atoms with Crippen molar-refractivity contribution in [2.24, 2.45) is 0 Å². The van der Waals surface area contributed by atoms with Crippen LogP contribution in [0.2, 0.25) is 0 Å². The maximum atomic E-state index is 12.0. The van der Waals surface area contributed by atoms with Crippen molar-refractivity contribution in [1.29, 1.82) is 0 Å². The Morgan fingerprint density at radius 3 is 2.53 bits per heavy atom. The van der Waals surface area contributed by atoms with Crippen LogP contribution < -0.4 is 4.90 Å². The molecule has 0 saturated carbocycles. The average molecular weight is 225 g/mol. The van der Waals surface area contributed by atoms with Gasteiger partial charge in [-0.15, -0.1) is 0 Å². The maximum Gasteiger partial charge on any atom is 0.236 e. The molecule has 0 aromatic heterocycles. The lowest BCUT2D eigenvalue weighted by molar-refractivity contribution is -0.116. The standard InChI is InChI=1S/C14H11NO2/c16-13-8-4-7-12-11(13)9-14(17)15(12)10-5-2-1-3-6-10/h1-8,16H,9H2. The third kappa shape index (κ3) is 1.47. The first-order valence-electron chi connectivity index (χ1n) is 5.46. The largest absolute Gasteiger partial charge is 0.508 e. The first-order chi connectivity index (χ1) is 8.27. The van der Waals surface area contributed by atoms with Gasteiger partial charge in [0.25, 0.3) is 0 Å². The fraction of sp³-hybridized carbons (Fsp3) is 0.0714. The molecule has 17 heavy (non-hydrogen) atoms. The third-order valence-corrected chi connectivity index (χ3v) is 2.96. The van der Waals surface area contributed by atoms with Crippen molar-refractivity contribution in [1.82, 2.24) is 0 Å². The number of hydrogen-bond acceptors (Lipinski definition) is 2. The Kier molecular flexibility index (Phi) is 2.11. The number of phenols is 1. The molecule has 1 aliphatic rings. The van der Waals surface area contributed by atoms with Crippen LogP contribution in [-0.4, -0.2) is 11.0 Å². The molecule has 1 heterocycles. The van der Waals surface area contributed by atoms with E-state index >= 15 is 0 Å². The summed E-state index contributed by atoms with van der Waals surface area (Å²) < 4.78 is 0. The van der Waals surface area contributed by atoms with E-state index in [0.717, 1.165) is 11.4 Å². The summed E-state index contributed by atoms with van der Waals surface area (Å²) in [7, 11) is 0. The fourth-order valence-electron chi connectivity index (χ4n) is 2.18. The summed E-state index contributed by atoms with van der Waals surface area (Å²) in [5, 5.41) is 9.73. The van der Waals surface area contributed by atoms with E-state index in [2.05, 4.69) is 0 Å². The lowest BCUT2D eigenvalue weighted by Gasteiger charge is -2.17. The van der Waals surface area contributed by atoms with Crippen molar-refractivity contribution in [3.8, 4) is 5.75 Å². The fourth-order valence-corrected chi connectivity index (χ4v) is 2.18. The molecule has 3 heteroatoms. The molecule has 1 N–H and O–H groups in total. The zero-order valence-corrected chi connectivity index (χ0v) is 9.13. The van der Waals surface area contributed by atoms with Crippen molar-refractivity contribution in [3.63, 3.8) is 0 Å². The molecule has 0 atom stereocenters. The lowest BCUT2D eigenvalue weighted by Crippen LogP contribution is -2.20. The number of carbonyl (C=O) groups is 1. The molecule has 1 aliphatic heterocycles. The topological polar surface area (TPSA) is 40.5 Å². The Morgan fingerprint density at radius 1 is 1.00 bits per heavy atom. The number of fused-ring (bicyclic) bond motifs is 1. The van der Waals surface area contributed by atoms with E-state index in [-0.39, 0.29) is 18.1 Å². The minimum Gasteiger partial charge on any atom is -0.508 e. The van der Waals surface area contributed by atoms with Gasteiger partial charge in [0.2, 0.25) is 5.91 Å². The number of para-hydroxylation sites is 1. The van der Waals surface area contributed by atoms with Crippen LogP contribution in [0.3, 0.4) is 0 Å². The monoisotopic (exact) mass is 225 g/mol. The summed E-state index contributed by atoms with van der Waals surface area (Å²) in [6, 6.07) is 14.7. The summed E-state index contributed by atoms with van der Waals surface area (Å²) in [5.74, 6) is 0.182. The summed E-state index contributed by atoms with van der Waals surface area (Å²) in [4.78, 5) is 13.6. The predicted octanol–water partition coefficient (Wildman–Crippen LogP) is 2.61. The molecule has 84 valence electrons. The van der Waals surface area contributed by atoms with Crippen LogP contribution in [0.1, 0.15) is 5.56 Å². The number of phenolic OH excluding ortho intramolecular Hbond substituents is 1. The zero-order chi connectivity index (χ0) is 11.8. The Hall–Kier alpha value is -2.29. The lowest BCUT2D eigenvalue weighted by atomic mass is 10.1. The smallest absolute Gasteiger partial charge is 0.236 e. The highest BCUT2D eigenvalue weighted by atomic mass is 16.3. The van der Waals surface area contributed by atoms with Gasteiger partial charge in [0.15, 0.2) is 0 Å². The number of nitrogens with zero attached hydrogens (tertiary/aromatic N) is 1. The third-order valence-electron chi connectivity index (χ3n) is 2.96. The van der Waals surface area contributed by atoms with Crippen LogP contribution in [0.25, 0.3) is 0 Å². The molecule has 3 rings (SSSR count). The number of amides is 1. The van der Waals surface area contributed by atoms with Crippen LogP contribution in [0.5, 0.6) is 5.75 Å². The number of rotatable bonds is 1. The molecule has 0 aliphatic carbocycles. The second-order valence-electron chi connectivity index (χ2n) is 4.02. The molecule has 2 aromatic carbocycles. The minimum atomic E-state index is -0.00676. The van der Waals surface area contributed by atoms with Crippen molar-refractivity contribution >= 4 is 17.3 Å². The zero-order valence-electron chi connectivity index (χ0n) is 9.13. The summed E-state index contributed by atoms with van der Waals surface area (Å²) in [6.45, 7) is 0. The minimum absolute atomic E-state index is 0.00676. The number of aromatic hydroxyl groups is 1. The molecule has 0 spiro atoms. The summed E-state index contributed by atoms with van der Waals surface area (Å²) in [5.41, 5.74) is 2.32. The normalized spacial score (nSPS) is 13.9. The van der Waals surface area contributed by atoms with Gasteiger partial charge >= 0.3 is 0 Å². The molecule has 3 nitrogen and oxygen atoms in total. The van der Waals surface area contributed by atoms with E-state index in [9.17, 15) is 9.90 Å². The molecule has 1 amide bonds. The average Bonchev–Trinajstić information content (AvgIpc) is 2.68. The molecular weight excluding hydrogens is 214 g/mol. The Bertz CT molecular complexity index is 578. The molecule has 0 unspecified atom stereocenters. The predicted molar refractivity (Wildman–Crippen MR) is 65.4 cm³/mol. The van der Waals surface area contributed by atoms with Crippen LogP contribution >= 0.6 is 0 Å². The van der Waals surface area contributed by atoms with Gasteiger partial charge in [-0.25, -0.2) is 0 Å². The Labute approximate surface area is 98.9 Å². The van der Waals surface area contributed by atoms with Crippen LogP contribution in [0, 0.1) is 0 Å². The van der Waals surface area contributed by atoms with Gasteiger partial charge in [-0.05, 0) is 24.3 Å². The van der Waals surface area contributed by atoms with Gasteiger partial charge in [-0.3, -0.25) is 9.69 Å². The van der Waals surface area contributed by atoms with Crippen molar-refractivity contribution in [2.45, 2.75) is 6.42 Å². The van der Waals surface area contributed by atoms with Crippen LogP contribution in [-0.2, 0) is 11.2 Å². The van der Waals surface area contributed by atoms with E-state index in [1.54, 1.807) is 17.0 Å². The molecule has 0 bridgehead atoms. The quantitative estimate of drug-likeness (QED) is 0.810. The molecule has 2 aromatic rings. The van der Waals surface area contributed by atoms with Gasteiger partial charge in [0, 0.05) is 11.3 Å². The number of hydrogen-bond donors (Lipinski definition) is 1. The highest BCUT2D eigenvalue weighted by molar-refractivity contribution is 6.07. The van der Waals surface area contributed by atoms with E-state index in [1.807, 2.05) is 36.4 Å². The first-order valence-corrected chi connectivity index (χ1v) is 5.46. The van der Waals surface area contributed by atoms with Crippen LogP contribution in [0.15, 0.2) is 48.5 Å². The van der Waals surface area contributed by atoms with E-state index in [0.29, 0.717) is 5.56 Å². The highest BCUT2D eigenvalue weighted by Gasteiger charge is 2.30. The first kappa shape index (κ1) is 9.90.